The van der Waals surface area contributed by atoms with Gasteiger partial charge < -0.3 is 9.84 Å². The van der Waals surface area contributed by atoms with Crippen LogP contribution in [-0.2, 0) is 4.74 Å². The average molecular weight is 242 g/mol. The third-order valence-corrected chi connectivity index (χ3v) is 4.14. The number of ether oxygens (including phenoxy) is 1. The van der Waals surface area contributed by atoms with Gasteiger partial charge >= 0.3 is 0 Å². The van der Waals surface area contributed by atoms with E-state index in [0.717, 1.165) is 19.4 Å². The molecule has 0 aromatic rings. The van der Waals surface area contributed by atoms with Crippen LogP contribution in [0.2, 0.25) is 0 Å². The van der Waals surface area contributed by atoms with Crippen molar-refractivity contribution in [3.05, 3.63) is 0 Å². The van der Waals surface area contributed by atoms with Crippen LogP contribution >= 0.6 is 0 Å². The van der Waals surface area contributed by atoms with Crippen LogP contribution in [0, 0.1) is 10.8 Å². The summed E-state index contributed by atoms with van der Waals surface area (Å²) in [4.78, 5) is 0. The Morgan fingerprint density at radius 3 is 1.82 bits per heavy atom. The monoisotopic (exact) mass is 242 g/mol. The molecule has 1 atom stereocenters. The van der Waals surface area contributed by atoms with Gasteiger partial charge in [-0.1, -0.05) is 47.5 Å². The molecule has 1 N–H and O–H groups in total. The van der Waals surface area contributed by atoms with Crippen LogP contribution in [0.4, 0.5) is 0 Å². The normalized spacial score (nSPS) is 30.4. The summed E-state index contributed by atoms with van der Waals surface area (Å²) in [5.74, 6) is 0. The van der Waals surface area contributed by atoms with Crippen LogP contribution in [0.15, 0.2) is 0 Å². The Kier molecular flexibility index (Phi) is 5.03. The maximum Gasteiger partial charge on any atom is 0.0809 e. The zero-order valence-electron chi connectivity index (χ0n) is 12.3. The van der Waals surface area contributed by atoms with Gasteiger partial charge in [0, 0.05) is 0 Å². The Balaban J connectivity index is 0.000000202. The van der Waals surface area contributed by atoms with Crippen molar-refractivity contribution >= 4 is 0 Å². The van der Waals surface area contributed by atoms with E-state index in [0.29, 0.717) is 6.10 Å². The van der Waals surface area contributed by atoms with E-state index in [1.54, 1.807) is 0 Å². The molecule has 17 heavy (non-hydrogen) atoms. The Morgan fingerprint density at radius 2 is 1.59 bits per heavy atom. The fourth-order valence-electron chi connectivity index (χ4n) is 2.89. The lowest BCUT2D eigenvalue weighted by Crippen LogP contribution is -2.45. The molecule has 0 bridgehead atoms. The summed E-state index contributed by atoms with van der Waals surface area (Å²) in [7, 11) is 0. The minimum Gasteiger partial charge on any atom is -0.392 e. The molecule has 1 saturated heterocycles. The Bertz CT molecular complexity index is 213. The van der Waals surface area contributed by atoms with E-state index in [1.807, 2.05) is 0 Å². The third-order valence-electron chi connectivity index (χ3n) is 4.14. The second kappa shape index (κ2) is 5.71. The highest BCUT2D eigenvalue weighted by molar-refractivity contribution is 4.93. The summed E-state index contributed by atoms with van der Waals surface area (Å²) in [5, 5.41) is 9.96. The van der Waals surface area contributed by atoms with Crippen LogP contribution in [0.1, 0.15) is 66.7 Å². The van der Waals surface area contributed by atoms with Crippen LogP contribution in [-0.4, -0.2) is 23.9 Å². The van der Waals surface area contributed by atoms with Gasteiger partial charge in [-0.25, -0.2) is 0 Å². The maximum atomic E-state index is 9.96. The smallest absolute Gasteiger partial charge is 0.0809 e. The van der Waals surface area contributed by atoms with Crippen molar-refractivity contribution in [3.8, 4) is 0 Å². The van der Waals surface area contributed by atoms with Crippen LogP contribution in [0.5, 0.6) is 0 Å². The summed E-state index contributed by atoms with van der Waals surface area (Å²) in [6, 6.07) is 0. The summed E-state index contributed by atoms with van der Waals surface area (Å²) in [6.07, 6.45) is 6.63. The predicted octanol–water partition coefficient (Wildman–Crippen LogP) is 3.77. The van der Waals surface area contributed by atoms with Crippen molar-refractivity contribution in [2.45, 2.75) is 78.9 Å². The predicted molar refractivity (Wildman–Crippen MR) is 72.1 cm³/mol. The second-order valence-electron chi connectivity index (χ2n) is 6.98. The van der Waals surface area contributed by atoms with Crippen molar-refractivity contribution in [1.82, 2.24) is 0 Å². The molecule has 2 fully saturated rings. The van der Waals surface area contributed by atoms with Gasteiger partial charge in [-0.2, -0.15) is 0 Å². The molecule has 2 heteroatoms. The number of hydrogen-bond acceptors (Lipinski definition) is 2. The Morgan fingerprint density at radius 1 is 1.12 bits per heavy atom. The quantitative estimate of drug-likeness (QED) is 0.748. The van der Waals surface area contributed by atoms with Gasteiger partial charge in [0.2, 0.25) is 0 Å². The fourth-order valence-corrected chi connectivity index (χ4v) is 2.89. The molecule has 1 aliphatic carbocycles. The van der Waals surface area contributed by atoms with Gasteiger partial charge in [0.25, 0.3) is 0 Å². The minimum absolute atomic E-state index is 0.127. The zero-order valence-corrected chi connectivity index (χ0v) is 12.3. The standard InChI is InChI=1S/C10H20O.C5H10O/c1-9(2)6-5-7-10(3,4)8(9)11;1-2-3-5-4-6-5/h8,11H,5-7H2,1-4H3;5H,2-4H2,1H3. The number of aliphatic hydroxyl groups excluding tert-OH is 1. The molecular weight excluding hydrogens is 212 g/mol. The van der Waals surface area contributed by atoms with E-state index in [1.165, 1.54) is 19.3 Å². The number of epoxide rings is 1. The van der Waals surface area contributed by atoms with Gasteiger partial charge in [0.05, 0.1) is 18.8 Å². The molecule has 1 aliphatic heterocycles. The van der Waals surface area contributed by atoms with Crippen molar-refractivity contribution in [3.63, 3.8) is 0 Å². The molecule has 2 nitrogen and oxygen atoms in total. The SMILES string of the molecule is CC1(C)CCCC(C)(C)C1O.CCCC1CO1. The topological polar surface area (TPSA) is 32.8 Å². The van der Waals surface area contributed by atoms with Crippen LogP contribution in [0.3, 0.4) is 0 Å². The molecule has 2 rings (SSSR count). The Hall–Kier alpha value is -0.0800. The number of aliphatic hydroxyl groups is 1. The first-order chi connectivity index (χ1) is 7.79. The third kappa shape index (κ3) is 4.59. The lowest BCUT2D eigenvalue weighted by atomic mass is 9.63. The van der Waals surface area contributed by atoms with Gasteiger partial charge in [0.15, 0.2) is 0 Å². The molecular formula is C15H30O2. The fraction of sp³-hybridized carbons (Fsp3) is 1.00. The lowest BCUT2D eigenvalue weighted by Gasteiger charge is -2.46. The van der Waals surface area contributed by atoms with Crippen molar-refractivity contribution in [2.75, 3.05) is 6.61 Å². The highest BCUT2D eigenvalue weighted by atomic mass is 16.6. The highest BCUT2D eigenvalue weighted by Gasteiger charge is 2.42. The van der Waals surface area contributed by atoms with Gasteiger partial charge in [0.1, 0.15) is 0 Å². The van der Waals surface area contributed by atoms with Crippen molar-refractivity contribution in [1.29, 1.82) is 0 Å². The summed E-state index contributed by atoms with van der Waals surface area (Å²) < 4.78 is 4.95. The molecule has 1 unspecified atom stereocenters. The van der Waals surface area contributed by atoms with E-state index in [9.17, 15) is 5.11 Å². The zero-order chi connectivity index (χ0) is 13.1. The molecule has 0 aromatic heterocycles. The summed E-state index contributed by atoms with van der Waals surface area (Å²) >= 11 is 0. The Labute approximate surface area is 107 Å². The average Bonchev–Trinajstić information content (AvgIpc) is 2.99. The molecule has 0 aromatic carbocycles. The molecule has 0 amide bonds. The van der Waals surface area contributed by atoms with Gasteiger partial charge in [-0.15, -0.1) is 0 Å². The second-order valence-corrected chi connectivity index (χ2v) is 6.98. The molecule has 102 valence electrons. The maximum absolute atomic E-state index is 9.96. The van der Waals surface area contributed by atoms with Crippen LogP contribution < -0.4 is 0 Å². The molecule has 2 aliphatic rings. The molecule has 1 saturated carbocycles. The highest BCUT2D eigenvalue weighted by Crippen LogP contribution is 2.45. The first-order valence-electron chi connectivity index (χ1n) is 7.09. The largest absolute Gasteiger partial charge is 0.392 e. The van der Waals surface area contributed by atoms with E-state index in [2.05, 4.69) is 34.6 Å². The first-order valence-corrected chi connectivity index (χ1v) is 7.09. The molecule has 0 spiro atoms. The van der Waals surface area contributed by atoms with E-state index < -0.39 is 0 Å². The lowest BCUT2D eigenvalue weighted by molar-refractivity contribution is -0.0750. The van der Waals surface area contributed by atoms with Gasteiger partial charge in [-0.3, -0.25) is 0 Å². The summed E-state index contributed by atoms with van der Waals surface area (Å²) in [5.41, 5.74) is 0.253. The van der Waals surface area contributed by atoms with Crippen molar-refractivity contribution in [2.24, 2.45) is 10.8 Å². The summed E-state index contributed by atoms with van der Waals surface area (Å²) in [6.45, 7) is 11.9. The van der Waals surface area contributed by atoms with E-state index >= 15 is 0 Å². The van der Waals surface area contributed by atoms with Crippen LogP contribution in [0.25, 0.3) is 0 Å². The van der Waals surface area contributed by atoms with Gasteiger partial charge in [-0.05, 0) is 30.1 Å². The van der Waals surface area contributed by atoms with E-state index in [4.69, 9.17) is 4.74 Å². The molecule has 1 heterocycles. The van der Waals surface area contributed by atoms with E-state index in [-0.39, 0.29) is 16.9 Å². The number of rotatable bonds is 2. The minimum atomic E-state index is -0.135. The molecule has 0 radical (unpaired) electrons. The van der Waals surface area contributed by atoms with Crippen molar-refractivity contribution < 1.29 is 9.84 Å². The first kappa shape index (κ1) is 15.0. The number of hydrogen-bond donors (Lipinski definition) is 1.